The fraction of sp³-hybridized carbons (Fsp3) is 0.133. The smallest absolute Gasteiger partial charge is 0.267 e. The number of carbonyl (C=O) groups is 2. The minimum Gasteiger partial charge on any atom is -0.497 e. The van der Waals surface area contributed by atoms with E-state index in [2.05, 4.69) is 0 Å². The number of methoxy groups -OCH3 is 1. The minimum absolute atomic E-state index is 0.311. The molecule has 0 radical (unpaired) electrons. The number of anilines is 2. The van der Waals surface area contributed by atoms with E-state index in [9.17, 15) is 9.59 Å². The maximum atomic E-state index is 14.6. The Morgan fingerprint density at radius 3 is 1.86 bits per heavy atom. The van der Waals surface area contributed by atoms with E-state index in [0.717, 1.165) is 16.8 Å². The Morgan fingerprint density at radius 2 is 1.28 bits per heavy atom. The van der Waals surface area contributed by atoms with Crippen LogP contribution in [0.25, 0.3) is 0 Å². The van der Waals surface area contributed by atoms with Gasteiger partial charge in [-0.15, -0.1) is 0 Å². The van der Waals surface area contributed by atoms with Crippen LogP contribution in [0.3, 0.4) is 0 Å². The third-order valence-electron chi connectivity index (χ3n) is 7.01. The predicted octanol–water partition coefficient (Wildman–Crippen LogP) is 5.07. The van der Waals surface area contributed by atoms with E-state index >= 15 is 0 Å². The summed E-state index contributed by atoms with van der Waals surface area (Å²) in [7, 11) is 1.61. The van der Waals surface area contributed by atoms with E-state index < -0.39 is 17.6 Å². The molecule has 0 bridgehead atoms. The number of hydrogen-bond donors (Lipinski definition) is 0. The van der Waals surface area contributed by atoms with Crippen LogP contribution in [0, 0.1) is 0 Å². The summed E-state index contributed by atoms with van der Waals surface area (Å²) in [5.74, 6) is 0.00937. The van der Waals surface area contributed by atoms with E-state index in [0.29, 0.717) is 11.4 Å². The molecule has 2 aliphatic heterocycles. The van der Waals surface area contributed by atoms with Crippen molar-refractivity contribution in [3.8, 4) is 5.75 Å². The molecule has 0 aromatic heterocycles. The van der Waals surface area contributed by atoms with Crippen molar-refractivity contribution in [1.82, 2.24) is 0 Å². The highest BCUT2D eigenvalue weighted by Gasteiger charge is 2.72. The van der Waals surface area contributed by atoms with Crippen LogP contribution in [-0.2, 0) is 19.8 Å². The Kier molecular flexibility index (Phi) is 5.31. The first-order chi connectivity index (χ1) is 17.7. The SMILES string of the molecule is COc1ccc([C@@H]2N(c3ccccc3)O[C@@H]3C(=O)N(c4ccccc4)C(=O)[C@]32c2ccccc2)cc1. The van der Waals surface area contributed by atoms with Gasteiger partial charge in [0, 0.05) is 0 Å². The first-order valence-corrected chi connectivity index (χ1v) is 11.8. The summed E-state index contributed by atoms with van der Waals surface area (Å²) in [5, 5.41) is 1.72. The molecule has 0 unspecified atom stereocenters. The lowest BCUT2D eigenvalue weighted by molar-refractivity contribution is -0.126. The second kappa shape index (κ2) is 8.66. The molecule has 2 saturated heterocycles. The summed E-state index contributed by atoms with van der Waals surface area (Å²) >= 11 is 0. The quantitative estimate of drug-likeness (QED) is 0.377. The highest BCUT2D eigenvalue weighted by molar-refractivity contribution is 6.28. The zero-order valence-corrected chi connectivity index (χ0v) is 19.7. The number of imide groups is 1. The van der Waals surface area contributed by atoms with Crippen molar-refractivity contribution in [2.24, 2.45) is 0 Å². The van der Waals surface area contributed by atoms with Crippen LogP contribution in [0.2, 0.25) is 0 Å². The Hall–Kier alpha value is -4.42. The van der Waals surface area contributed by atoms with Gasteiger partial charge in [0.1, 0.15) is 17.2 Å². The topological polar surface area (TPSA) is 59.1 Å². The molecule has 0 saturated carbocycles. The molecule has 0 N–H and O–H groups in total. The van der Waals surface area contributed by atoms with Crippen molar-refractivity contribution < 1.29 is 19.2 Å². The zero-order valence-electron chi connectivity index (χ0n) is 19.7. The second-order valence-corrected chi connectivity index (χ2v) is 8.87. The molecule has 3 atom stereocenters. The standard InChI is InChI=1S/C30H24N2O4/c1-35-25-19-17-21(18-20-25)26-30(22-11-5-2-6-12-22)27(36-32(26)24-15-9-4-10-16-24)28(33)31(29(30)34)23-13-7-3-8-14-23/h2-20,26-27H,1H3/t26-,27+,30-/m0/s1. The monoisotopic (exact) mass is 476 g/mol. The lowest BCUT2D eigenvalue weighted by atomic mass is 9.69. The zero-order chi connectivity index (χ0) is 24.7. The predicted molar refractivity (Wildman–Crippen MR) is 137 cm³/mol. The summed E-state index contributed by atoms with van der Waals surface area (Å²) in [6.45, 7) is 0. The van der Waals surface area contributed by atoms with Gasteiger partial charge in [-0.3, -0.25) is 14.4 Å². The van der Waals surface area contributed by atoms with Crippen LogP contribution in [0.15, 0.2) is 115 Å². The number of nitrogens with zero attached hydrogens (tertiary/aromatic N) is 2. The fourth-order valence-corrected chi connectivity index (χ4v) is 5.39. The molecule has 6 nitrogen and oxygen atoms in total. The molecule has 4 aromatic carbocycles. The molecule has 2 fully saturated rings. The summed E-state index contributed by atoms with van der Waals surface area (Å²) in [4.78, 5) is 36.3. The lowest BCUT2D eigenvalue weighted by Crippen LogP contribution is -2.46. The Labute approximate surface area is 209 Å². The number of rotatable bonds is 5. The molecule has 4 aromatic rings. The number of hydroxylamine groups is 1. The number of carbonyl (C=O) groups excluding carboxylic acids is 2. The molecule has 178 valence electrons. The molecule has 6 rings (SSSR count). The molecule has 0 aliphatic carbocycles. The van der Waals surface area contributed by atoms with E-state index in [4.69, 9.17) is 9.57 Å². The van der Waals surface area contributed by atoms with Crippen molar-refractivity contribution in [2.45, 2.75) is 17.6 Å². The highest BCUT2D eigenvalue weighted by Crippen LogP contribution is 2.57. The third-order valence-corrected chi connectivity index (χ3v) is 7.01. The first kappa shape index (κ1) is 22.1. The van der Waals surface area contributed by atoms with E-state index in [1.807, 2.05) is 103 Å². The van der Waals surface area contributed by atoms with Crippen LogP contribution in [0.5, 0.6) is 5.75 Å². The number of para-hydroxylation sites is 2. The molecule has 36 heavy (non-hydrogen) atoms. The van der Waals surface area contributed by atoms with Crippen LogP contribution in [0.1, 0.15) is 17.2 Å². The van der Waals surface area contributed by atoms with Gasteiger partial charge in [-0.05, 0) is 47.5 Å². The summed E-state index contributed by atoms with van der Waals surface area (Å²) < 4.78 is 5.38. The second-order valence-electron chi connectivity index (χ2n) is 8.87. The molecule has 6 heteroatoms. The van der Waals surface area contributed by atoms with E-state index in [-0.39, 0.29) is 11.8 Å². The maximum Gasteiger partial charge on any atom is 0.267 e. The van der Waals surface area contributed by atoms with E-state index in [1.165, 1.54) is 4.90 Å². The van der Waals surface area contributed by atoms with Crippen LogP contribution in [0.4, 0.5) is 11.4 Å². The summed E-state index contributed by atoms with van der Waals surface area (Å²) in [6.07, 6.45) is -1.04. The summed E-state index contributed by atoms with van der Waals surface area (Å²) in [6, 6.07) is 35.1. The van der Waals surface area contributed by atoms with E-state index in [1.54, 1.807) is 24.3 Å². The average molecular weight is 477 g/mol. The van der Waals surface area contributed by atoms with Gasteiger partial charge in [-0.1, -0.05) is 78.9 Å². The molecule has 0 spiro atoms. The van der Waals surface area contributed by atoms with Crippen LogP contribution in [-0.4, -0.2) is 25.0 Å². The molecule has 2 heterocycles. The van der Waals surface area contributed by atoms with Crippen molar-refractivity contribution in [1.29, 1.82) is 0 Å². The van der Waals surface area contributed by atoms with Gasteiger partial charge in [0.2, 0.25) is 5.91 Å². The first-order valence-electron chi connectivity index (χ1n) is 11.8. The average Bonchev–Trinajstić information content (AvgIpc) is 3.41. The lowest BCUT2D eigenvalue weighted by Gasteiger charge is -2.35. The molecule has 2 aliphatic rings. The number of ether oxygens (including phenoxy) is 1. The van der Waals surface area contributed by atoms with Gasteiger partial charge in [-0.25, -0.2) is 9.96 Å². The Morgan fingerprint density at radius 1 is 0.722 bits per heavy atom. The maximum absolute atomic E-state index is 14.6. The van der Waals surface area contributed by atoms with Gasteiger partial charge < -0.3 is 4.74 Å². The number of amides is 2. The Bertz CT molecular complexity index is 1390. The van der Waals surface area contributed by atoms with Crippen LogP contribution >= 0.6 is 0 Å². The Balaban J connectivity index is 1.61. The number of benzene rings is 4. The van der Waals surface area contributed by atoms with Gasteiger partial charge >= 0.3 is 0 Å². The largest absolute Gasteiger partial charge is 0.497 e. The van der Waals surface area contributed by atoms with Crippen LogP contribution < -0.4 is 14.7 Å². The van der Waals surface area contributed by atoms with Crippen molar-refractivity contribution in [3.05, 3.63) is 126 Å². The van der Waals surface area contributed by atoms with Crippen molar-refractivity contribution >= 4 is 23.2 Å². The minimum atomic E-state index is -1.31. The van der Waals surface area contributed by atoms with Crippen molar-refractivity contribution in [2.75, 3.05) is 17.1 Å². The fourth-order valence-electron chi connectivity index (χ4n) is 5.39. The van der Waals surface area contributed by atoms with Gasteiger partial charge in [0.25, 0.3) is 5.91 Å². The molecule has 2 amide bonds. The highest BCUT2D eigenvalue weighted by atomic mass is 16.7. The number of hydrogen-bond acceptors (Lipinski definition) is 5. The molecular weight excluding hydrogens is 452 g/mol. The molecular formula is C30H24N2O4. The third kappa shape index (κ3) is 3.15. The van der Waals surface area contributed by atoms with Gasteiger partial charge in [-0.2, -0.15) is 0 Å². The number of fused-ring (bicyclic) bond motifs is 1. The van der Waals surface area contributed by atoms with Gasteiger partial charge in [0.05, 0.1) is 18.5 Å². The van der Waals surface area contributed by atoms with Crippen molar-refractivity contribution in [3.63, 3.8) is 0 Å². The normalized spacial score (nSPS) is 23.1. The van der Waals surface area contributed by atoms with Gasteiger partial charge in [0.15, 0.2) is 6.10 Å². The summed E-state index contributed by atoms with van der Waals surface area (Å²) in [5.41, 5.74) is 1.54.